The number of carbonyl (C=O) groups is 2. The first-order valence-corrected chi connectivity index (χ1v) is 13.5. The summed E-state index contributed by atoms with van der Waals surface area (Å²) in [5, 5.41) is 0.501. The third-order valence-corrected chi connectivity index (χ3v) is 7.47. The number of amides is 3. The molecule has 0 aliphatic carbocycles. The number of ether oxygens (including phenoxy) is 2. The molecule has 3 amide bonds. The molecule has 1 aliphatic heterocycles. The van der Waals surface area contributed by atoms with Crippen molar-refractivity contribution in [3.8, 4) is 11.5 Å². The van der Waals surface area contributed by atoms with Gasteiger partial charge in [-0.1, -0.05) is 84.4 Å². The van der Waals surface area contributed by atoms with Gasteiger partial charge in [0.25, 0.3) is 5.91 Å². The molecule has 0 atom stereocenters. The second-order valence-electron chi connectivity index (χ2n) is 10.3. The average Bonchev–Trinajstić information content (AvgIpc) is 3.13. The predicted molar refractivity (Wildman–Crippen MR) is 157 cm³/mol. The van der Waals surface area contributed by atoms with Crippen molar-refractivity contribution in [3.05, 3.63) is 124 Å². The molecule has 6 nitrogen and oxygen atoms in total. The summed E-state index contributed by atoms with van der Waals surface area (Å²) in [7, 11) is 0. The molecular weight excluding hydrogens is 524 g/mol. The first kappa shape index (κ1) is 27.3. The molecule has 4 aromatic rings. The number of nitrogens with zero attached hydrogens (tertiary/aromatic N) is 2. The van der Waals surface area contributed by atoms with Crippen LogP contribution in [0, 0.1) is 6.92 Å². The second-order valence-corrected chi connectivity index (χ2v) is 10.7. The lowest BCUT2D eigenvalue weighted by Gasteiger charge is -2.28. The number of aryl methyl sites for hydroxylation is 1. The SMILES string of the molecule is Cc1ccc(N2C(=O)N(Cc3ccc(OCc4ccccc4)c(OCc4ccccc4)c3)C(C)(C)C2=O)cc1Cl. The first-order chi connectivity index (χ1) is 19.2. The minimum atomic E-state index is -1.05. The van der Waals surface area contributed by atoms with E-state index in [9.17, 15) is 9.59 Å². The maximum absolute atomic E-state index is 13.6. The fourth-order valence-corrected chi connectivity index (χ4v) is 4.76. The Morgan fingerprint density at radius 1 is 0.725 bits per heavy atom. The molecule has 204 valence electrons. The van der Waals surface area contributed by atoms with Gasteiger partial charge >= 0.3 is 6.03 Å². The van der Waals surface area contributed by atoms with Gasteiger partial charge in [-0.2, -0.15) is 0 Å². The van der Waals surface area contributed by atoms with Gasteiger partial charge in [0.2, 0.25) is 0 Å². The molecule has 1 fully saturated rings. The highest BCUT2D eigenvalue weighted by molar-refractivity contribution is 6.32. The molecule has 7 heteroatoms. The fraction of sp³-hybridized carbons (Fsp3) is 0.212. The molecule has 0 aromatic heterocycles. The highest BCUT2D eigenvalue weighted by atomic mass is 35.5. The van der Waals surface area contributed by atoms with Crippen LogP contribution in [0.4, 0.5) is 10.5 Å². The summed E-state index contributed by atoms with van der Waals surface area (Å²) in [4.78, 5) is 29.8. The van der Waals surface area contributed by atoms with Crippen LogP contribution in [-0.2, 0) is 24.6 Å². The van der Waals surface area contributed by atoms with Gasteiger partial charge < -0.3 is 14.4 Å². The molecule has 0 N–H and O–H groups in total. The van der Waals surface area contributed by atoms with Crippen molar-refractivity contribution in [2.75, 3.05) is 4.90 Å². The molecule has 0 spiro atoms. The van der Waals surface area contributed by atoms with E-state index in [1.165, 1.54) is 4.90 Å². The fourth-order valence-electron chi connectivity index (χ4n) is 4.59. The lowest BCUT2D eigenvalue weighted by atomic mass is 10.0. The largest absolute Gasteiger partial charge is 0.485 e. The van der Waals surface area contributed by atoms with Crippen LogP contribution in [0.15, 0.2) is 97.1 Å². The lowest BCUT2D eigenvalue weighted by Crippen LogP contribution is -2.43. The van der Waals surface area contributed by atoms with Crippen LogP contribution in [0.25, 0.3) is 0 Å². The molecule has 1 aliphatic rings. The van der Waals surface area contributed by atoms with E-state index in [1.807, 2.05) is 85.8 Å². The number of rotatable bonds is 9. The van der Waals surface area contributed by atoms with Gasteiger partial charge in [-0.05, 0) is 67.3 Å². The molecule has 0 saturated carbocycles. The van der Waals surface area contributed by atoms with E-state index in [4.69, 9.17) is 21.1 Å². The van der Waals surface area contributed by atoms with Gasteiger partial charge in [0, 0.05) is 11.6 Å². The molecule has 5 rings (SSSR count). The third-order valence-electron chi connectivity index (χ3n) is 7.06. The van der Waals surface area contributed by atoms with Crippen molar-refractivity contribution in [2.24, 2.45) is 0 Å². The number of benzene rings is 4. The smallest absolute Gasteiger partial charge is 0.332 e. The van der Waals surface area contributed by atoms with E-state index in [2.05, 4.69) is 0 Å². The van der Waals surface area contributed by atoms with Gasteiger partial charge in [0.15, 0.2) is 11.5 Å². The zero-order valence-electron chi connectivity index (χ0n) is 22.8. The summed E-state index contributed by atoms with van der Waals surface area (Å²) in [5.74, 6) is 0.860. The Morgan fingerprint density at radius 3 is 1.93 bits per heavy atom. The Morgan fingerprint density at radius 2 is 1.32 bits per heavy atom. The van der Waals surface area contributed by atoms with Crippen molar-refractivity contribution in [3.63, 3.8) is 0 Å². The molecule has 0 radical (unpaired) electrons. The lowest BCUT2D eigenvalue weighted by molar-refractivity contribution is -0.123. The van der Waals surface area contributed by atoms with E-state index >= 15 is 0 Å². The average molecular weight is 555 g/mol. The highest BCUT2D eigenvalue weighted by Gasteiger charge is 2.51. The molecule has 0 unspecified atom stereocenters. The summed E-state index contributed by atoms with van der Waals surface area (Å²) >= 11 is 6.31. The van der Waals surface area contributed by atoms with E-state index in [1.54, 1.807) is 36.9 Å². The number of imide groups is 1. The quantitative estimate of drug-likeness (QED) is 0.200. The first-order valence-electron chi connectivity index (χ1n) is 13.1. The Hall–Kier alpha value is -4.29. The minimum absolute atomic E-state index is 0.217. The number of anilines is 1. The Labute approximate surface area is 239 Å². The molecular formula is C33H31ClN2O4. The summed E-state index contributed by atoms with van der Waals surface area (Å²) < 4.78 is 12.3. The van der Waals surface area contributed by atoms with E-state index < -0.39 is 11.6 Å². The Balaban J connectivity index is 1.40. The van der Waals surface area contributed by atoms with E-state index in [0.29, 0.717) is 35.4 Å². The van der Waals surface area contributed by atoms with Crippen LogP contribution in [0.3, 0.4) is 0 Å². The number of carbonyl (C=O) groups excluding carboxylic acids is 2. The van der Waals surface area contributed by atoms with E-state index in [0.717, 1.165) is 22.3 Å². The number of urea groups is 1. The Bertz CT molecular complexity index is 1520. The standard InChI is InChI=1S/C33H31ClN2O4/c1-23-14-16-27(19-28(23)34)36-31(37)33(2,3)35(32(36)38)20-26-15-17-29(39-21-24-10-6-4-7-11-24)30(18-26)40-22-25-12-8-5-9-13-25/h4-19H,20-22H2,1-3H3. The van der Waals surface area contributed by atoms with Gasteiger partial charge in [-0.25, -0.2) is 9.69 Å². The second kappa shape index (κ2) is 11.4. The van der Waals surface area contributed by atoms with Crippen molar-refractivity contribution >= 4 is 29.2 Å². The van der Waals surface area contributed by atoms with Crippen LogP contribution < -0.4 is 14.4 Å². The Kier molecular flexibility index (Phi) is 7.81. The summed E-state index contributed by atoms with van der Waals surface area (Å²) in [6, 6.07) is 30.2. The summed E-state index contributed by atoms with van der Waals surface area (Å²) in [6.07, 6.45) is 0. The molecule has 4 aromatic carbocycles. The van der Waals surface area contributed by atoms with Crippen molar-refractivity contribution in [2.45, 2.75) is 46.1 Å². The maximum Gasteiger partial charge on any atom is 0.332 e. The maximum atomic E-state index is 13.6. The molecule has 1 heterocycles. The normalized spacial score (nSPS) is 14.5. The van der Waals surface area contributed by atoms with Gasteiger partial charge in [0.1, 0.15) is 18.8 Å². The molecule has 40 heavy (non-hydrogen) atoms. The van der Waals surface area contributed by atoms with Crippen molar-refractivity contribution in [1.29, 1.82) is 0 Å². The van der Waals surface area contributed by atoms with Gasteiger partial charge in [-0.15, -0.1) is 0 Å². The number of halogens is 1. The summed E-state index contributed by atoms with van der Waals surface area (Å²) in [5.41, 5.74) is 3.15. The van der Waals surface area contributed by atoms with Crippen LogP contribution in [-0.4, -0.2) is 22.4 Å². The molecule has 0 bridgehead atoms. The topological polar surface area (TPSA) is 59.1 Å². The monoisotopic (exact) mass is 554 g/mol. The van der Waals surface area contributed by atoms with Crippen LogP contribution in [0.2, 0.25) is 5.02 Å². The van der Waals surface area contributed by atoms with Crippen LogP contribution in [0.1, 0.15) is 36.1 Å². The highest BCUT2D eigenvalue weighted by Crippen LogP contribution is 2.36. The third kappa shape index (κ3) is 5.68. The minimum Gasteiger partial charge on any atom is -0.485 e. The van der Waals surface area contributed by atoms with Gasteiger partial charge in [-0.3, -0.25) is 4.79 Å². The zero-order valence-corrected chi connectivity index (χ0v) is 23.5. The predicted octanol–water partition coefficient (Wildman–Crippen LogP) is 7.55. The van der Waals surface area contributed by atoms with Crippen LogP contribution in [0.5, 0.6) is 11.5 Å². The van der Waals surface area contributed by atoms with Gasteiger partial charge in [0.05, 0.1) is 5.69 Å². The van der Waals surface area contributed by atoms with Crippen LogP contribution >= 0.6 is 11.6 Å². The van der Waals surface area contributed by atoms with Crippen molar-refractivity contribution < 1.29 is 19.1 Å². The number of hydrogen-bond donors (Lipinski definition) is 0. The molecule has 1 saturated heterocycles. The number of hydrogen-bond acceptors (Lipinski definition) is 4. The zero-order chi connectivity index (χ0) is 28.3. The van der Waals surface area contributed by atoms with Crippen molar-refractivity contribution in [1.82, 2.24) is 4.90 Å². The summed E-state index contributed by atoms with van der Waals surface area (Å²) in [6.45, 7) is 6.36. The van der Waals surface area contributed by atoms with E-state index in [-0.39, 0.29) is 12.5 Å².